The van der Waals surface area contributed by atoms with Gasteiger partial charge in [0.05, 0.1) is 12.1 Å². The van der Waals surface area contributed by atoms with Gasteiger partial charge in [0, 0.05) is 0 Å². The van der Waals surface area contributed by atoms with Crippen LogP contribution in [0.3, 0.4) is 0 Å². The van der Waals surface area contributed by atoms with Crippen molar-refractivity contribution in [2.45, 2.75) is 25.9 Å². The Labute approximate surface area is 47.9 Å². The Morgan fingerprint density at radius 3 is 2.50 bits per heavy atom. The molecule has 0 radical (unpaired) electrons. The Bertz CT molecular complexity index is 79.7. The highest BCUT2D eigenvalue weighted by Gasteiger charge is 2.00. The van der Waals surface area contributed by atoms with Crippen molar-refractivity contribution >= 4 is 5.97 Å². The van der Waals surface area contributed by atoms with Crippen LogP contribution in [0.1, 0.15) is 19.8 Å². The molecule has 0 unspecified atom stereocenters. The van der Waals surface area contributed by atoms with Gasteiger partial charge in [0.15, 0.2) is 0 Å². The van der Waals surface area contributed by atoms with Crippen LogP contribution in [0.5, 0.6) is 0 Å². The van der Waals surface area contributed by atoms with E-state index in [-0.39, 0.29) is 6.42 Å². The fourth-order valence-corrected chi connectivity index (χ4v) is 0.391. The van der Waals surface area contributed by atoms with E-state index in [4.69, 9.17) is 5.11 Å². The van der Waals surface area contributed by atoms with Crippen molar-refractivity contribution in [1.29, 1.82) is 0 Å². The van der Waals surface area contributed by atoms with E-state index >= 15 is 0 Å². The zero-order valence-electron chi connectivity index (χ0n) is 4.76. The average molecular weight is 117 g/mol. The lowest BCUT2D eigenvalue weighted by Crippen LogP contribution is -2.35. The average Bonchev–Trinajstić information content (AvgIpc) is 1.67. The van der Waals surface area contributed by atoms with Crippen LogP contribution >= 0.6 is 0 Å². The summed E-state index contributed by atoms with van der Waals surface area (Å²) in [5.41, 5.74) is 0. The van der Waals surface area contributed by atoms with E-state index in [1.165, 1.54) is 0 Å². The summed E-state index contributed by atoms with van der Waals surface area (Å²) < 4.78 is 0. The fourth-order valence-electron chi connectivity index (χ4n) is 0.391. The molecule has 0 saturated carbocycles. The van der Waals surface area contributed by atoms with Crippen LogP contribution in [0.2, 0.25) is 0 Å². The maximum atomic E-state index is 9.73. The molecule has 0 spiro atoms. The second-order valence-corrected chi connectivity index (χ2v) is 1.62. The number of carboxylic acids is 1. The minimum Gasteiger partial charge on any atom is -0.547 e. The summed E-state index contributed by atoms with van der Waals surface area (Å²) >= 11 is 0. The number of hydrogen-bond donors (Lipinski definition) is 1. The van der Waals surface area contributed by atoms with Gasteiger partial charge in [-0.2, -0.15) is 0 Å². The molecule has 0 aliphatic heterocycles. The van der Waals surface area contributed by atoms with Crippen LogP contribution in [0, 0.1) is 0 Å². The predicted molar refractivity (Wildman–Crippen MR) is 25.9 cm³/mol. The third kappa shape index (κ3) is 2.58. The maximum Gasteiger partial charge on any atom is 0.0933 e. The van der Waals surface area contributed by atoms with E-state index < -0.39 is 12.1 Å². The molecule has 0 aliphatic rings. The summed E-state index contributed by atoms with van der Waals surface area (Å²) in [4.78, 5) is 9.73. The van der Waals surface area contributed by atoms with Crippen molar-refractivity contribution in [2.75, 3.05) is 0 Å². The van der Waals surface area contributed by atoms with Crippen molar-refractivity contribution in [3.63, 3.8) is 0 Å². The highest BCUT2D eigenvalue weighted by molar-refractivity contribution is 5.69. The number of rotatable bonds is 3. The second kappa shape index (κ2) is 3.43. The third-order valence-corrected chi connectivity index (χ3v) is 0.834. The molecule has 3 nitrogen and oxygen atoms in total. The molecule has 0 fully saturated rings. The molecule has 0 heterocycles. The summed E-state index contributed by atoms with van der Waals surface area (Å²) in [5, 5.41) is 18.2. The molecule has 1 N–H and O–H groups in total. The lowest BCUT2D eigenvalue weighted by Gasteiger charge is -2.07. The molecule has 0 rings (SSSR count). The highest BCUT2D eigenvalue weighted by Crippen LogP contribution is 1.92. The Morgan fingerprint density at radius 2 is 2.38 bits per heavy atom. The zero-order valence-corrected chi connectivity index (χ0v) is 4.76. The minimum absolute atomic E-state index is 0.280. The zero-order chi connectivity index (χ0) is 6.57. The van der Waals surface area contributed by atoms with E-state index in [1.54, 1.807) is 6.92 Å². The number of aliphatic hydroxyl groups is 1. The summed E-state index contributed by atoms with van der Waals surface area (Å²) in [6.45, 7) is 1.80. The standard InChI is InChI=1S/C5H10O3/c1-2-3-4(6)5(7)8/h4,6H,2-3H2,1H3,(H,7,8)/p-1/t4-/m1/s1. The number of carbonyl (C=O) groups is 1. The van der Waals surface area contributed by atoms with Gasteiger partial charge in [-0.05, 0) is 6.42 Å². The number of carboxylic acid groups (broad SMARTS) is 1. The molecule has 8 heavy (non-hydrogen) atoms. The van der Waals surface area contributed by atoms with Crippen molar-refractivity contribution < 1.29 is 15.0 Å². The van der Waals surface area contributed by atoms with Gasteiger partial charge in [0.2, 0.25) is 0 Å². The lowest BCUT2D eigenvalue weighted by atomic mass is 10.2. The first-order valence-electron chi connectivity index (χ1n) is 2.57. The summed E-state index contributed by atoms with van der Waals surface area (Å²) in [6, 6.07) is 0. The predicted octanol–water partition coefficient (Wildman–Crippen LogP) is -1.10. The van der Waals surface area contributed by atoms with Crippen LogP contribution in [0.25, 0.3) is 0 Å². The second-order valence-electron chi connectivity index (χ2n) is 1.62. The molecule has 1 atom stereocenters. The van der Waals surface area contributed by atoms with E-state index in [0.717, 1.165) is 0 Å². The molecular weight excluding hydrogens is 108 g/mol. The molecular formula is C5H9O3-. The Morgan fingerprint density at radius 1 is 1.88 bits per heavy atom. The SMILES string of the molecule is CCC[C@@H](O)C(=O)[O-]. The van der Waals surface area contributed by atoms with Crippen LogP contribution < -0.4 is 5.11 Å². The Hall–Kier alpha value is -0.570. The van der Waals surface area contributed by atoms with Gasteiger partial charge in [-0.1, -0.05) is 13.3 Å². The topological polar surface area (TPSA) is 60.4 Å². The van der Waals surface area contributed by atoms with Gasteiger partial charge in [-0.15, -0.1) is 0 Å². The first kappa shape index (κ1) is 7.43. The molecule has 3 heteroatoms. The van der Waals surface area contributed by atoms with Crippen LogP contribution in [-0.2, 0) is 4.79 Å². The minimum atomic E-state index is -1.38. The number of carbonyl (C=O) groups excluding carboxylic acids is 1. The lowest BCUT2D eigenvalue weighted by molar-refractivity contribution is -0.315. The van der Waals surface area contributed by atoms with E-state index in [0.29, 0.717) is 6.42 Å². The fraction of sp³-hybridized carbons (Fsp3) is 0.800. The maximum absolute atomic E-state index is 9.73. The first-order valence-corrected chi connectivity index (χ1v) is 2.57. The Kier molecular flexibility index (Phi) is 3.19. The van der Waals surface area contributed by atoms with Crippen molar-refractivity contribution in [2.24, 2.45) is 0 Å². The molecule has 0 aliphatic carbocycles. The third-order valence-electron chi connectivity index (χ3n) is 0.834. The van der Waals surface area contributed by atoms with Crippen molar-refractivity contribution in [3.05, 3.63) is 0 Å². The molecule has 0 aromatic heterocycles. The summed E-state index contributed by atoms with van der Waals surface area (Å²) in [5.74, 6) is -1.38. The quantitative estimate of drug-likeness (QED) is 0.510. The molecule has 0 amide bonds. The van der Waals surface area contributed by atoms with E-state index in [9.17, 15) is 9.90 Å². The van der Waals surface area contributed by atoms with Gasteiger partial charge in [-0.25, -0.2) is 0 Å². The molecule has 0 aromatic carbocycles. The number of aliphatic carboxylic acids is 1. The van der Waals surface area contributed by atoms with Gasteiger partial charge >= 0.3 is 0 Å². The largest absolute Gasteiger partial charge is 0.547 e. The van der Waals surface area contributed by atoms with Gasteiger partial charge in [0.1, 0.15) is 0 Å². The number of aliphatic hydroxyl groups excluding tert-OH is 1. The molecule has 0 bridgehead atoms. The summed E-state index contributed by atoms with van der Waals surface area (Å²) in [6.07, 6.45) is -0.336. The van der Waals surface area contributed by atoms with Gasteiger partial charge in [0.25, 0.3) is 0 Å². The van der Waals surface area contributed by atoms with Crippen LogP contribution in [0.15, 0.2) is 0 Å². The first-order chi connectivity index (χ1) is 3.68. The Balaban J connectivity index is 3.32. The van der Waals surface area contributed by atoms with E-state index in [1.807, 2.05) is 0 Å². The van der Waals surface area contributed by atoms with Crippen LogP contribution in [-0.4, -0.2) is 17.2 Å². The molecule has 0 aromatic rings. The summed E-state index contributed by atoms with van der Waals surface area (Å²) in [7, 11) is 0. The smallest absolute Gasteiger partial charge is 0.0933 e. The molecule has 48 valence electrons. The van der Waals surface area contributed by atoms with E-state index in [2.05, 4.69) is 0 Å². The van der Waals surface area contributed by atoms with Crippen LogP contribution in [0.4, 0.5) is 0 Å². The monoisotopic (exact) mass is 117 g/mol. The van der Waals surface area contributed by atoms with Crippen molar-refractivity contribution in [1.82, 2.24) is 0 Å². The highest BCUT2D eigenvalue weighted by atomic mass is 16.4. The number of hydrogen-bond acceptors (Lipinski definition) is 3. The van der Waals surface area contributed by atoms with Crippen molar-refractivity contribution in [3.8, 4) is 0 Å². The van der Waals surface area contributed by atoms with Gasteiger partial charge < -0.3 is 15.0 Å². The normalized spacial score (nSPS) is 13.2. The molecule has 0 saturated heterocycles. The van der Waals surface area contributed by atoms with Gasteiger partial charge in [-0.3, -0.25) is 0 Å².